The zero-order chi connectivity index (χ0) is 14.1. The van der Waals surface area contributed by atoms with Crippen LogP contribution in [0.5, 0.6) is 5.75 Å². The van der Waals surface area contributed by atoms with Gasteiger partial charge >= 0.3 is 0 Å². The fourth-order valence-electron chi connectivity index (χ4n) is 1.97. The molecule has 3 nitrogen and oxygen atoms in total. The van der Waals surface area contributed by atoms with Gasteiger partial charge in [-0.25, -0.2) is 0 Å². The van der Waals surface area contributed by atoms with Gasteiger partial charge in [0.25, 0.3) is 0 Å². The molecule has 20 heavy (non-hydrogen) atoms. The summed E-state index contributed by atoms with van der Waals surface area (Å²) in [6.45, 7) is 0. The highest BCUT2D eigenvalue weighted by atomic mass is 79.9. The number of halogens is 2. The number of hydrogen-bond acceptors (Lipinski definition) is 3. The third-order valence-corrected chi connectivity index (χ3v) is 4.24. The largest absolute Gasteiger partial charge is 0.490 e. The van der Waals surface area contributed by atoms with E-state index in [0.29, 0.717) is 6.10 Å². The normalized spacial score (nSPS) is 15.9. The molecule has 0 aliphatic heterocycles. The van der Waals surface area contributed by atoms with Crippen LogP contribution in [-0.2, 0) is 0 Å². The molecule has 1 heterocycles. The van der Waals surface area contributed by atoms with Gasteiger partial charge in [-0.15, -0.1) is 0 Å². The molecule has 0 bridgehead atoms. The number of nitrogens with zero attached hydrogens (tertiary/aromatic N) is 1. The standard InChI is InChI=1S/C15H14Br2N2O/c16-10-7-13(17)15(19-8-10)14(18)9-2-1-3-12(6-9)20-11-4-5-11/h1-3,6-8,11,14H,4-5,18H2. The minimum atomic E-state index is -0.278. The highest BCUT2D eigenvalue weighted by Crippen LogP contribution is 2.31. The maximum Gasteiger partial charge on any atom is 0.120 e. The number of rotatable bonds is 4. The van der Waals surface area contributed by atoms with Crippen LogP contribution in [0.3, 0.4) is 0 Å². The Morgan fingerprint density at radius 2 is 2.05 bits per heavy atom. The van der Waals surface area contributed by atoms with E-state index in [1.54, 1.807) is 6.20 Å². The van der Waals surface area contributed by atoms with Gasteiger partial charge in [-0.2, -0.15) is 0 Å². The van der Waals surface area contributed by atoms with Crippen LogP contribution in [0.25, 0.3) is 0 Å². The van der Waals surface area contributed by atoms with Gasteiger partial charge in [-0.05, 0) is 68.5 Å². The van der Waals surface area contributed by atoms with Crippen molar-refractivity contribution in [1.82, 2.24) is 4.98 Å². The van der Waals surface area contributed by atoms with Crippen molar-refractivity contribution in [2.24, 2.45) is 5.73 Å². The Hall–Kier alpha value is -0.910. The maximum atomic E-state index is 6.32. The second-order valence-electron chi connectivity index (χ2n) is 4.89. The summed E-state index contributed by atoms with van der Waals surface area (Å²) in [5.41, 5.74) is 8.13. The molecule has 5 heteroatoms. The minimum Gasteiger partial charge on any atom is -0.490 e. The van der Waals surface area contributed by atoms with E-state index in [2.05, 4.69) is 36.8 Å². The van der Waals surface area contributed by atoms with Crippen LogP contribution in [0.2, 0.25) is 0 Å². The van der Waals surface area contributed by atoms with Crippen LogP contribution in [0.15, 0.2) is 45.5 Å². The fraction of sp³-hybridized carbons (Fsp3) is 0.267. The molecule has 3 rings (SSSR count). The minimum absolute atomic E-state index is 0.278. The maximum absolute atomic E-state index is 6.32. The molecule has 2 N–H and O–H groups in total. The van der Waals surface area contributed by atoms with Gasteiger partial charge in [0.15, 0.2) is 0 Å². The lowest BCUT2D eigenvalue weighted by Gasteiger charge is -2.15. The molecule has 1 aliphatic carbocycles. The predicted molar refractivity (Wildman–Crippen MR) is 85.8 cm³/mol. The van der Waals surface area contributed by atoms with Gasteiger partial charge in [0, 0.05) is 15.1 Å². The van der Waals surface area contributed by atoms with E-state index < -0.39 is 0 Å². The molecule has 2 aromatic rings. The van der Waals surface area contributed by atoms with Crippen LogP contribution in [0.1, 0.15) is 30.1 Å². The first-order valence-electron chi connectivity index (χ1n) is 6.46. The van der Waals surface area contributed by atoms with Gasteiger partial charge in [0.1, 0.15) is 5.75 Å². The Morgan fingerprint density at radius 1 is 1.25 bits per heavy atom. The zero-order valence-corrected chi connectivity index (χ0v) is 13.9. The molecule has 0 saturated heterocycles. The Morgan fingerprint density at radius 3 is 2.75 bits per heavy atom. The Balaban J connectivity index is 1.86. The van der Waals surface area contributed by atoms with Crippen LogP contribution in [-0.4, -0.2) is 11.1 Å². The molecule has 104 valence electrons. The van der Waals surface area contributed by atoms with Crippen LogP contribution in [0, 0.1) is 0 Å². The summed E-state index contributed by atoms with van der Waals surface area (Å²) < 4.78 is 7.62. The molecular formula is C15H14Br2N2O. The number of hydrogen-bond donors (Lipinski definition) is 1. The Kier molecular flexibility index (Phi) is 4.10. The summed E-state index contributed by atoms with van der Waals surface area (Å²) in [6.07, 6.45) is 4.44. The second-order valence-corrected chi connectivity index (χ2v) is 6.66. The number of aromatic nitrogens is 1. The van der Waals surface area contributed by atoms with Crippen molar-refractivity contribution in [2.45, 2.75) is 25.0 Å². The molecule has 1 unspecified atom stereocenters. The Bertz CT molecular complexity index is 629. The summed E-state index contributed by atoms with van der Waals surface area (Å²) in [6, 6.07) is 9.62. The lowest BCUT2D eigenvalue weighted by molar-refractivity contribution is 0.303. The van der Waals surface area contributed by atoms with E-state index in [0.717, 1.165) is 38.8 Å². The van der Waals surface area contributed by atoms with E-state index >= 15 is 0 Å². The van der Waals surface area contributed by atoms with Crippen molar-refractivity contribution < 1.29 is 4.74 Å². The third kappa shape index (κ3) is 3.22. The smallest absolute Gasteiger partial charge is 0.120 e. The van der Waals surface area contributed by atoms with E-state index in [1.165, 1.54) is 0 Å². The van der Waals surface area contributed by atoms with Crippen LogP contribution in [0.4, 0.5) is 0 Å². The molecule has 1 aromatic carbocycles. The van der Waals surface area contributed by atoms with Crippen molar-refractivity contribution in [3.05, 3.63) is 56.7 Å². The molecule has 1 aliphatic rings. The molecule has 0 spiro atoms. The van der Waals surface area contributed by atoms with Crippen molar-refractivity contribution in [2.75, 3.05) is 0 Å². The van der Waals surface area contributed by atoms with Gasteiger partial charge in [0.05, 0.1) is 17.8 Å². The average molecular weight is 398 g/mol. The number of pyridine rings is 1. The number of benzene rings is 1. The molecule has 0 radical (unpaired) electrons. The van der Waals surface area contributed by atoms with Crippen molar-refractivity contribution in [3.8, 4) is 5.75 Å². The monoisotopic (exact) mass is 396 g/mol. The van der Waals surface area contributed by atoms with Crippen LogP contribution >= 0.6 is 31.9 Å². The number of ether oxygens (including phenoxy) is 1. The first-order chi connectivity index (χ1) is 9.63. The summed E-state index contributed by atoms with van der Waals surface area (Å²) in [5.74, 6) is 0.883. The van der Waals surface area contributed by atoms with E-state index in [9.17, 15) is 0 Å². The van der Waals surface area contributed by atoms with Crippen molar-refractivity contribution in [1.29, 1.82) is 0 Å². The van der Waals surface area contributed by atoms with Crippen molar-refractivity contribution in [3.63, 3.8) is 0 Å². The molecule has 1 saturated carbocycles. The van der Waals surface area contributed by atoms with Gasteiger partial charge in [-0.3, -0.25) is 4.98 Å². The first kappa shape index (κ1) is 14.0. The third-order valence-electron chi connectivity index (χ3n) is 3.18. The van der Waals surface area contributed by atoms with Gasteiger partial charge < -0.3 is 10.5 Å². The highest BCUT2D eigenvalue weighted by Gasteiger charge is 2.24. The summed E-state index contributed by atoms with van der Waals surface area (Å²) in [4.78, 5) is 4.40. The van der Waals surface area contributed by atoms with E-state index in [4.69, 9.17) is 10.5 Å². The summed E-state index contributed by atoms with van der Waals surface area (Å²) >= 11 is 6.90. The lowest BCUT2D eigenvalue weighted by atomic mass is 10.0. The molecule has 1 atom stereocenters. The summed E-state index contributed by atoms with van der Waals surface area (Å²) in [5, 5.41) is 0. The van der Waals surface area contributed by atoms with Crippen LogP contribution < -0.4 is 10.5 Å². The first-order valence-corrected chi connectivity index (χ1v) is 8.05. The lowest BCUT2D eigenvalue weighted by Crippen LogP contribution is -2.14. The van der Waals surface area contributed by atoms with Gasteiger partial charge in [-0.1, -0.05) is 12.1 Å². The summed E-state index contributed by atoms with van der Waals surface area (Å²) in [7, 11) is 0. The quantitative estimate of drug-likeness (QED) is 0.840. The molecule has 0 amide bonds. The zero-order valence-electron chi connectivity index (χ0n) is 10.7. The van der Waals surface area contributed by atoms with Gasteiger partial charge in [0.2, 0.25) is 0 Å². The molecular weight excluding hydrogens is 384 g/mol. The molecule has 1 aromatic heterocycles. The average Bonchev–Trinajstić information content (AvgIpc) is 3.22. The highest BCUT2D eigenvalue weighted by molar-refractivity contribution is 9.11. The fourth-order valence-corrected chi connectivity index (χ4v) is 3.21. The topological polar surface area (TPSA) is 48.1 Å². The van der Waals surface area contributed by atoms with E-state index in [-0.39, 0.29) is 6.04 Å². The predicted octanol–water partition coefficient (Wildman–Crippen LogP) is 4.20. The number of nitrogens with two attached hydrogens (primary N) is 1. The molecule has 1 fully saturated rings. The second kappa shape index (κ2) is 5.84. The van der Waals surface area contributed by atoms with Crippen molar-refractivity contribution >= 4 is 31.9 Å². The Labute approximate surface area is 134 Å². The SMILES string of the molecule is NC(c1cccc(OC2CC2)c1)c1ncc(Br)cc1Br. The van der Waals surface area contributed by atoms with E-state index in [1.807, 2.05) is 30.3 Å².